The first-order valence-corrected chi connectivity index (χ1v) is 8.05. The number of carbonyl (C=O) groups excluding carboxylic acids is 3. The highest BCUT2D eigenvalue weighted by Gasteiger charge is 2.17. The average Bonchev–Trinajstić information content (AvgIpc) is 3.13. The van der Waals surface area contributed by atoms with E-state index < -0.39 is 23.8 Å². The molecule has 126 valence electrons. The van der Waals surface area contributed by atoms with Crippen molar-refractivity contribution in [2.75, 3.05) is 6.61 Å². The highest BCUT2D eigenvalue weighted by molar-refractivity contribution is 7.12. The molecule has 24 heavy (non-hydrogen) atoms. The van der Waals surface area contributed by atoms with Gasteiger partial charge in [-0.25, -0.2) is 0 Å². The lowest BCUT2D eigenvalue weighted by Crippen LogP contribution is -2.51. The second-order valence-corrected chi connectivity index (χ2v) is 5.76. The first-order valence-electron chi connectivity index (χ1n) is 7.17. The lowest BCUT2D eigenvalue weighted by Gasteiger charge is -2.14. The Bertz CT molecular complexity index is 689. The summed E-state index contributed by atoms with van der Waals surface area (Å²) in [7, 11) is 0. The Kier molecular flexibility index (Phi) is 6.32. The Labute approximate surface area is 143 Å². The second kappa shape index (κ2) is 8.68. The third-order valence-electron chi connectivity index (χ3n) is 2.93. The maximum atomic E-state index is 11.8. The third-order valence-corrected chi connectivity index (χ3v) is 3.80. The Morgan fingerprint density at radius 3 is 2.50 bits per heavy atom. The fraction of sp³-hybridized carbons (Fsp3) is 0.188. The summed E-state index contributed by atoms with van der Waals surface area (Å²) in [5, 5.41) is 4.24. The van der Waals surface area contributed by atoms with E-state index in [0.29, 0.717) is 10.6 Å². The standard InChI is InChI=1S/C16H17N3O4S/c1-11(15(21)18-19-16(22)13-8-5-9-24-13)17-14(20)10-23-12-6-3-2-4-7-12/h2-9,11H,10H2,1H3,(H,17,20)(H,18,21)(H,19,22). The van der Waals surface area contributed by atoms with E-state index >= 15 is 0 Å². The van der Waals surface area contributed by atoms with Gasteiger partial charge in [-0.15, -0.1) is 11.3 Å². The number of nitrogens with one attached hydrogen (secondary N) is 3. The van der Waals surface area contributed by atoms with Crippen molar-refractivity contribution in [1.82, 2.24) is 16.2 Å². The quantitative estimate of drug-likeness (QED) is 0.682. The number of rotatable bonds is 6. The number of hydrazine groups is 1. The molecule has 3 amide bonds. The molecule has 2 aromatic rings. The Morgan fingerprint density at radius 2 is 1.83 bits per heavy atom. The fourth-order valence-corrected chi connectivity index (χ4v) is 2.33. The van der Waals surface area contributed by atoms with Gasteiger partial charge in [-0.2, -0.15) is 0 Å². The average molecular weight is 347 g/mol. The summed E-state index contributed by atoms with van der Waals surface area (Å²) in [4.78, 5) is 35.8. The van der Waals surface area contributed by atoms with Crippen molar-refractivity contribution in [3.05, 3.63) is 52.7 Å². The van der Waals surface area contributed by atoms with Gasteiger partial charge in [0.15, 0.2) is 6.61 Å². The molecule has 1 heterocycles. The molecule has 1 aromatic carbocycles. The summed E-state index contributed by atoms with van der Waals surface area (Å²) in [5.74, 6) is -0.823. The number of amides is 3. The number of hydrogen-bond donors (Lipinski definition) is 3. The van der Waals surface area contributed by atoms with Crippen molar-refractivity contribution in [2.24, 2.45) is 0 Å². The monoisotopic (exact) mass is 347 g/mol. The maximum absolute atomic E-state index is 11.8. The molecule has 8 heteroatoms. The lowest BCUT2D eigenvalue weighted by atomic mass is 10.3. The topological polar surface area (TPSA) is 96.5 Å². The molecule has 0 saturated carbocycles. The molecule has 0 fully saturated rings. The van der Waals surface area contributed by atoms with Crippen molar-refractivity contribution in [2.45, 2.75) is 13.0 Å². The van der Waals surface area contributed by atoms with Gasteiger partial charge in [-0.1, -0.05) is 24.3 Å². The number of para-hydroxylation sites is 1. The van der Waals surface area contributed by atoms with E-state index in [-0.39, 0.29) is 6.61 Å². The zero-order valence-electron chi connectivity index (χ0n) is 12.9. The predicted octanol–water partition coefficient (Wildman–Crippen LogP) is 1.09. The summed E-state index contributed by atoms with van der Waals surface area (Å²) in [6, 6.07) is 11.4. The molecule has 2 rings (SSSR count). The van der Waals surface area contributed by atoms with Crippen LogP contribution in [0.1, 0.15) is 16.6 Å². The normalized spacial score (nSPS) is 11.2. The first kappa shape index (κ1) is 17.5. The van der Waals surface area contributed by atoms with Crippen LogP contribution in [0.5, 0.6) is 5.75 Å². The maximum Gasteiger partial charge on any atom is 0.279 e. The van der Waals surface area contributed by atoms with Gasteiger partial charge in [0.25, 0.3) is 17.7 Å². The van der Waals surface area contributed by atoms with Crippen LogP contribution in [0.3, 0.4) is 0 Å². The summed E-state index contributed by atoms with van der Waals surface area (Å²) >= 11 is 1.26. The van der Waals surface area contributed by atoms with Gasteiger partial charge >= 0.3 is 0 Å². The van der Waals surface area contributed by atoms with Crippen molar-refractivity contribution >= 4 is 29.1 Å². The second-order valence-electron chi connectivity index (χ2n) is 4.81. The SMILES string of the molecule is CC(NC(=O)COc1ccccc1)C(=O)NNC(=O)c1cccs1. The number of benzene rings is 1. The summed E-state index contributed by atoms with van der Waals surface area (Å²) in [6.07, 6.45) is 0. The molecule has 1 atom stereocenters. The molecule has 1 aromatic heterocycles. The van der Waals surface area contributed by atoms with Gasteiger partial charge < -0.3 is 10.1 Å². The molecule has 0 saturated heterocycles. The van der Waals surface area contributed by atoms with Crippen molar-refractivity contribution in [3.8, 4) is 5.75 Å². The van der Waals surface area contributed by atoms with Crippen LogP contribution >= 0.6 is 11.3 Å². The smallest absolute Gasteiger partial charge is 0.279 e. The minimum absolute atomic E-state index is 0.205. The molecule has 0 aliphatic carbocycles. The number of hydrogen-bond acceptors (Lipinski definition) is 5. The molecule has 0 spiro atoms. The van der Waals surface area contributed by atoms with Gasteiger partial charge in [-0.05, 0) is 30.5 Å². The van der Waals surface area contributed by atoms with Gasteiger partial charge in [0.2, 0.25) is 0 Å². The van der Waals surface area contributed by atoms with Gasteiger partial charge in [-0.3, -0.25) is 25.2 Å². The van der Waals surface area contributed by atoms with Crippen LogP contribution in [0, 0.1) is 0 Å². The zero-order chi connectivity index (χ0) is 17.4. The summed E-state index contributed by atoms with van der Waals surface area (Å²) < 4.78 is 5.28. The first-order chi connectivity index (χ1) is 11.6. The van der Waals surface area contributed by atoms with Crippen LogP contribution in [0.15, 0.2) is 47.8 Å². The van der Waals surface area contributed by atoms with Crippen LogP contribution in [-0.4, -0.2) is 30.4 Å². The van der Waals surface area contributed by atoms with Crippen molar-refractivity contribution in [3.63, 3.8) is 0 Å². The van der Waals surface area contributed by atoms with Crippen molar-refractivity contribution < 1.29 is 19.1 Å². The minimum Gasteiger partial charge on any atom is -0.484 e. The number of carbonyl (C=O) groups is 3. The van der Waals surface area contributed by atoms with Gasteiger partial charge in [0.05, 0.1) is 4.88 Å². The molecule has 3 N–H and O–H groups in total. The van der Waals surface area contributed by atoms with E-state index in [1.165, 1.54) is 18.3 Å². The number of thiophene rings is 1. The van der Waals surface area contributed by atoms with Crippen LogP contribution in [0.25, 0.3) is 0 Å². The molecule has 0 radical (unpaired) electrons. The fourth-order valence-electron chi connectivity index (χ4n) is 1.71. The molecule has 0 bridgehead atoms. The minimum atomic E-state index is -0.819. The number of ether oxygens (including phenoxy) is 1. The highest BCUT2D eigenvalue weighted by Crippen LogP contribution is 2.08. The van der Waals surface area contributed by atoms with E-state index in [9.17, 15) is 14.4 Å². The van der Waals surface area contributed by atoms with E-state index in [1.54, 1.807) is 41.8 Å². The predicted molar refractivity (Wildman–Crippen MR) is 89.5 cm³/mol. The van der Waals surface area contributed by atoms with Crippen molar-refractivity contribution in [1.29, 1.82) is 0 Å². The molecular weight excluding hydrogens is 330 g/mol. The Hall–Kier alpha value is -2.87. The van der Waals surface area contributed by atoms with Crippen LogP contribution in [0.4, 0.5) is 0 Å². The largest absolute Gasteiger partial charge is 0.484 e. The van der Waals surface area contributed by atoms with E-state index in [0.717, 1.165) is 0 Å². The Morgan fingerprint density at radius 1 is 1.08 bits per heavy atom. The van der Waals surface area contributed by atoms with Crippen LogP contribution in [-0.2, 0) is 9.59 Å². The summed E-state index contributed by atoms with van der Waals surface area (Å²) in [6.45, 7) is 1.30. The Balaban J connectivity index is 1.70. The lowest BCUT2D eigenvalue weighted by molar-refractivity contribution is -0.130. The molecule has 1 unspecified atom stereocenters. The molecular formula is C16H17N3O4S. The molecule has 0 aliphatic rings. The summed E-state index contributed by atoms with van der Waals surface area (Å²) in [5.41, 5.74) is 4.55. The van der Waals surface area contributed by atoms with Gasteiger partial charge in [0.1, 0.15) is 11.8 Å². The van der Waals surface area contributed by atoms with E-state index in [4.69, 9.17) is 4.74 Å². The van der Waals surface area contributed by atoms with E-state index in [2.05, 4.69) is 16.2 Å². The third kappa shape index (κ3) is 5.40. The van der Waals surface area contributed by atoms with Gasteiger partial charge in [0, 0.05) is 0 Å². The zero-order valence-corrected chi connectivity index (χ0v) is 13.8. The van der Waals surface area contributed by atoms with Crippen LogP contribution in [0.2, 0.25) is 0 Å². The molecule has 0 aliphatic heterocycles. The van der Waals surface area contributed by atoms with E-state index in [1.807, 2.05) is 6.07 Å². The van der Waals surface area contributed by atoms with Crippen LogP contribution < -0.4 is 20.9 Å². The highest BCUT2D eigenvalue weighted by atomic mass is 32.1. The molecule has 7 nitrogen and oxygen atoms in total.